The maximum absolute atomic E-state index is 13.6. The van der Waals surface area contributed by atoms with E-state index in [-0.39, 0.29) is 37.5 Å². The third-order valence-electron chi connectivity index (χ3n) is 6.68. The zero-order valence-electron chi connectivity index (χ0n) is 16.6. The smallest absolute Gasteiger partial charge is 0.314 e. The SMILES string of the molecule is C[C@H]1CC[C@H](N2CC(=O)N(Cc3ccc(Cl)cc3)C3(CN(C(N)=O)C3)C2=O)CC1. The topological polar surface area (TPSA) is 86.9 Å². The van der Waals surface area contributed by atoms with Crippen LogP contribution in [0.3, 0.4) is 0 Å². The monoisotopic (exact) mass is 418 g/mol. The molecule has 0 unspecified atom stereocenters. The molecule has 7 nitrogen and oxygen atoms in total. The largest absolute Gasteiger partial charge is 0.351 e. The van der Waals surface area contributed by atoms with Gasteiger partial charge in [0.1, 0.15) is 6.54 Å². The first-order valence-corrected chi connectivity index (χ1v) is 10.6. The molecule has 2 saturated heterocycles. The summed E-state index contributed by atoms with van der Waals surface area (Å²) in [5.74, 6) is 0.525. The Bertz CT molecular complexity index is 814. The number of nitrogens with zero attached hydrogens (tertiary/aromatic N) is 3. The minimum absolute atomic E-state index is 0.0527. The number of amides is 4. The molecule has 1 aromatic rings. The Hall–Kier alpha value is -2.28. The number of carbonyl (C=O) groups excluding carboxylic acids is 3. The van der Waals surface area contributed by atoms with E-state index in [1.807, 2.05) is 12.1 Å². The Labute approximate surface area is 175 Å². The van der Waals surface area contributed by atoms with E-state index < -0.39 is 11.6 Å². The van der Waals surface area contributed by atoms with Crippen molar-refractivity contribution in [1.82, 2.24) is 14.7 Å². The van der Waals surface area contributed by atoms with Gasteiger partial charge in [0.15, 0.2) is 5.54 Å². The molecule has 4 amide bonds. The van der Waals surface area contributed by atoms with Crippen molar-refractivity contribution in [3.63, 3.8) is 0 Å². The lowest BCUT2D eigenvalue weighted by Gasteiger charge is -2.58. The van der Waals surface area contributed by atoms with Gasteiger partial charge in [-0.2, -0.15) is 0 Å². The summed E-state index contributed by atoms with van der Waals surface area (Å²) in [4.78, 5) is 43.2. The summed E-state index contributed by atoms with van der Waals surface area (Å²) in [5, 5.41) is 0.616. The predicted molar refractivity (Wildman–Crippen MR) is 109 cm³/mol. The molecule has 1 saturated carbocycles. The van der Waals surface area contributed by atoms with Crippen LogP contribution in [0.4, 0.5) is 4.79 Å². The highest BCUT2D eigenvalue weighted by Gasteiger charge is 2.61. The van der Waals surface area contributed by atoms with Gasteiger partial charge in [-0.25, -0.2) is 4.79 Å². The van der Waals surface area contributed by atoms with Crippen molar-refractivity contribution < 1.29 is 14.4 Å². The van der Waals surface area contributed by atoms with Crippen LogP contribution in [-0.4, -0.2) is 63.8 Å². The number of halogens is 1. The van der Waals surface area contributed by atoms with Crippen molar-refractivity contribution in [3.05, 3.63) is 34.9 Å². The number of primary amides is 1. The Morgan fingerprint density at radius 2 is 1.76 bits per heavy atom. The number of hydrogen-bond acceptors (Lipinski definition) is 3. The predicted octanol–water partition coefficient (Wildman–Crippen LogP) is 2.22. The average molecular weight is 419 g/mol. The minimum atomic E-state index is -1.02. The Kier molecular flexibility index (Phi) is 5.19. The quantitative estimate of drug-likeness (QED) is 0.816. The Morgan fingerprint density at radius 3 is 2.34 bits per heavy atom. The number of benzene rings is 1. The van der Waals surface area contributed by atoms with Crippen LogP contribution in [0.2, 0.25) is 5.02 Å². The normalized spacial score (nSPS) is 26.6. The second-order valence-corrected chi connectivity index (χ2v) is 9.12. The molecule has 2 heterocycles. The number of urea groups is 1. The second kappa shape index (κ2) is 7.52. The molecule has 2 N–H and O–H groups in total. The average Bonchev–Trinajstić information content (AvgIpc) is 2.65. The minimum Gasteiger partial charge on any atom is -0.351 e. The molecule has 4 rings (SSSR count). The molecule has 29 heavy (non-hydrogen) atoms. The van der Waals surface area contributed by atoms with Crippen molar-refractivity contribution in [2.45, 2.75) is 50.7 Å². The van der Waals surface area contributed by atoms with Crippen molar-refractivity contribution in [2.24, 2.45) is 11.7 Å². The van der Waals surface area contributed by atoms with E-state index in [9.17, 15) is 14.4 Å². The van der Waals surface area contributed by atoms with Crippen molar-refractivity contribution in [3.8, 4) is 0 Å². The van der Waals surface area contributed by atoms with E-state index in [1.54, 1.807) is 21.9 Å². The Morgan fingerprint density at radius 1 is 1.14 bits per heavy atom. The van der Waals surface area contributed by atoms with Gasteiger partial charge in [0.2, 0.25) is 5.91 Å². The summed E-state index contributed by atoms with van der Waals surface area (Å²) in [6.07, 6.45) is 3.98. The van der Waals surface area contributed by atoms with E-state index in [1.165, 1.54) is 4.90 Å². The third-order valence-corrected chi connectivity index (χ3v) is 6.93. The number of likely N-dealkylation sites (tertiary alicyclic amines) is 1. The number of rotatable bonds is 3. The fourth-order valence-corrected chi connectivity index (χ4v) is 4.96. The summed E-state index contributed by atoms with van der Waals surface area (Å²) in [6, 6.07) is 6.78. The lowest BCUT2D eigenvalue weighted by atomic mass is 9.80. The molecule has 0 atom stereocenters. The maximum Gasteiger partial charge on any atom is 0.314 e. The van der Waals surface area contributed by atoms with Crippen LogP contribution in [-0.2, 0) is 16.1 Å². The van der Waals surface area contributed by atoms with Gasteiger partial charge in [-0.05, 0) is 49.3 Å². The zero-order chi connectivity index (χ0) is 20.8. The molecule has 3 aliphatic rings. The number of piperazine rings is 1. The summed E-state index contributed by atoms with van der Waals surface area (Å²) < 4.78 is 0. The van der Waals surface area contributed by atoms with Crippen molar-refractivity contribution in [2.75, 3.05) is 19.6 Å². The van der Waals surface area contributed by atoms with E-state index in [4.69, 9.17) is 17.3 Å². The highest BCUT2D eigenvalue weighted by atomic mass is 35.5. The van der Waals surface area contributed by atoms with Crippen LogP contribution in [0.5, 0.6) is 0 Å². The molecule has 156 valence electrons. The van der Waals surface area contributed by atoms with E-state index in [0.29, 0.717) is 17.5 Å². The molecular formula is C21H27ClN4O3. The van der Waals surface area contributed by atoms with Crippen molar-refractivity contribution in [1.29, 1.82) is 0 Å². The van der Waals surface area contributed by atoms with Gasteiger partial charge in [0, 0.05) is 17.6 Å². The molecule has 0 aromatic heterocycles. The van der Waals surface area contributed by atoms with Gasteiger partial charge in [0.05, 0.1) is 13.1 Å². The molecule has 0 radical (unpaired) electrons. The first kappa shape index (κ1) is 20.0. The van der Waals surface area contributed by atoms with Crippen LogP contribution in [0.1, 0.15) is 38.2 Å². The maximum atomic E-state index is 13.6. The first-order chi connectivity index (χ1) is 13.8. The summed E-state index contributed by atoms with van der Waals surface area (Å²) in [5.41, 5.74) is 5.29. The van der Waals surface area contributed by atoms with Crippen molar-refractivity contribution >= 4 is 29.4 Å². The van der Waals surface area contributed by atoms with Crippen LogP contribution in [0.15, 0.2) is 24.3 Å². The summed E-state index contributed by atoms with van der Waals surface area (Å²) in [6.45, 7) is 2.94. The van der Waals surface area contributed by atoms with E-state index in [2.05, 4.69) is 6.92 Å². The van der Waals surface area contributed by atoms with Crippen LogP contribution in [0, 0.1) is 5.92 Å². The van der Waals surface area contributed by atoms with Gasteiger partial charge in [0.25, 0.3) is 5.91 Å². The molecular weight excluding hydrogens is 392 g/mol. The van der Waals surface area contributed by atoms with Crippen LogP contribution >= 0.6 is 11.6 Å². The highest BCUT2D eigenvalue weighted by molar-refractivity contribution is 6.30. The fraction of sp³-hybridized carbons (Fsp3) is 0.571. The highest BCUT2D eigenvalue weighted by Crippen LogP contribution is 2.38. The standard InChI is InChI=1S/C21H27ClN4O3/c1-14-2-8-17(9-3-14)25-11-18(27)26(10-15-4-6-16(22)7-5-15)21(19(25)28)12-24(13-21)20(23)29/h4-7,14,17H,2-3,8-13H2,1H3,(H2,23,29)/t14-,17-. The molecule has 8 heteroatoms. The molecule has 1 aromatic carbocycles. The van der Waals surface area contributed by atoms with E-state index >= 15 is 0 Å². The second-order valence-electron chi connectivity index (χ2n) is 8.68. The molecule has 1 spiro atoms. The fourth-order valence-electron chi connectivity index (χ4n) is 4.83. The van der Waals surface area contributed by atoms with E-state index in [0.717, 1.165) is 31.2 Å². The van der Waals surface area contributed by atoms with Gasteiger partial charge >= 0.3 is 6.03 Å². The summed E-state index contributed by atoms with van der Waals surface area (Å²) in [7, 11) is 0. The Balaban J connectivity index is 1.60. The molecule has 0 bridgehead atoms. The number of hydrogen-bond donors (Lipinski definition) is 1. The lowest BCUT2D eigenvalue weighted by Crippen LogP contribution is -2.82. The molecule has 2 aliphatic heterocycles. The zero-order valence-corrected chi connectivity index (χ0v) is 17.4. The van der Waals surface area contributed by atoms with Crippen LogP contribution in [0.25, 0.3) is 0 Å². The first-order valence-electron chi connectivity index (χ1n) is 10.2. The summed E-state index contributed by atoms with van der Waals surface area (Å²) >= 11 is 5.97. The lowest BCUT2D eigenvalue weighted by molar-refractivity contribution is -0.179. The molecule has 3 fully saturated rings. The van der Waals surface area contributed by atoms with Gasteiger partial charge in [-0.1, -0.05) is 30.7 Å². The molecule has 1 aliphatic carbocycles. The third kappa shape index (κ3) is 3.56. The number of carbonyl (C=O) groups is 3. The van der Waals surface area contributed by atoms with Gasteiger partial charge in [-0.3, -0.25) is 9.59 Å². The number of nitrogens with two attached hydrogens (primary N) is 1. The van der Waals surface area contributed by atoms with Crippen LogP contribution < -0.4 is 5.73 Å². The van der Waals surface area contributed by atoms with Gasteiger partial charge < -0.3 is 20.4 Å². The van der Waals surface area contributed by atoms with Gasteiger partial charge in [-0.15, -0.1) is 0 Å².